The largest absolute Gasteiger partial charge is 0.465 e. The first-order valence-corrected chi connectivity index (χ1v) is 9.15. The molecule has 28 heavy (non-hydrogen) atoms. The molecule has 7 nitrogen and oxygen atoms in total. The average Bonchev–Trinajstić information content (AvgIpc) is 3.10. The van der Waals surface area contributed by atoms with E-state index in [4.69, 9.17) is 9.84 Å². The Hall–Kier alpha value is -3.19. The maximum atomic E-state index is 12.1. The molecular formula is C21H25N5O2. The fraction of sp³-hybridized carbons (Fsp3) is 0.286. The van der Waals surface area contributed by atoms with Gasteiger partial charge in [0.2, 0.25) is 0 Å². The molecule has 3 rings (SSSR count). The number of carbonyl (C=O) groups is 1. The van der Waals surface area contributed by atoms with E-state index >= 15 is 0 Å². The zero-order valence-electron chi connectivity index (χ0n) is 16.4. The zero-order valence-corrected chi connectivity index (χ0v) is 16.4. The number of anilines is 2. The van der Waals surface area contributed by atoms with Gasteiger partial charge in [0.05, 0.1) is 24.6 Å². The lowest BCUT2D eigenvalue weighted by Gasteiger charge is -2.10. The number of aryl methyl sites for hydroxylation is 1. The Morgan fingerprint density at radius 2 is 2.00 bits per heavy atom. The first-order chi connectivity index (χ1) is 13.6. The SMILES string of the molecule is COC(=O)c1ccncc1Nc1nn(CCCN(C)C)cc1-c1ccccc1. The van der Waals surface area contributed by atoms with Crippen LogP contribution in [0.1, 0.15) is 16.8 Å². The number of esters is 1. The van der Waals surface area contributed by atoms with Gasteiger partial charge in [-0.2, -0.15) is 5.10 Å². The van der Waals surface area contributed by atoms with Crippen molar-refractivity contribution >= 4 is 17.5 Å². The predicted octanol–water partition coefficient (Wildman–Crippen LogP) is 3.43. The molecule has 2 heterocycles. The first kappa shape index (κ1) is 19.6. The zero-order chi connectivity index (χ0) is 19.9. The van der Waals surface area contributed by atoms with Gasteiger partial charge in [0.15, 0.2) is 5.82 Å². The summed E-state index contributed by atoms with van der Waals surface area (Å²) < 4.78 is 6.81. The Morgan fingerprint density at radius 3 is 2.71 bits per heavy atom. The highest BCUT2D eigenvalue weighted by Gasteiger charge is 2.16. The molecule has 0 amide bonds. The second kappa shape index (κ2) is 9.14. The van der Waals surface area contributed by atoms with Gasteiger partial charge in [0.25, 0.3) is 0 Å². The summed E-state index contributed by atoms with van der Waals surface area (Å²) in [6.07, 6.45) is 6.19. The van der Waals surface area contributed by atoms with Gasteiger partial charge < -0.3 is 15.0 Å². The lowest BCUT2D eigenvalue weighted by atomic mass is 10.1. The fourth-order valence-electron chi connectivity index (χ4n) is 2.92. The number of aromatic nitrogens is 3. The third kappa shape index (κ3) is 4.75. The van der Waals surface area contributed by atoms with Gasteiger partial charge in [-0.05, 0) is 38.7 Å². The quantitative estimate of drug-likeness (QED) is 0.605. The number of ether oxygens (including phenoxy) is 1. The molecule has 0 atom stereocenters. The van der Waals surface area contributed by atoms with E-state index in [1.807, 2.05) is 41.2 Å². The summed E-state index contributed by atoms with van der Waals surface area (Å²) in [5.41, 5.74) is 2.99. The van der Waals surface area contributed by atoms with Crippen molar-refractivity contribution in [3.05, 3.63) is 60.6 Å². The molecule has 0 spiro atoms. The lowest BCUT2D eigenvalue weighted by molar-refractivity contribution is 0.0602. The van der Waals surface area contributed by atoms with Crippen molar-refractivity contribution in [3.63, 3.8) is 0 Å². The standard InChI is InChI=1S/C21H25N5O2/c1-25(2)12-7-13-26-15-18(16-8-5-4-6-9-16)20(24-26)23-19-14-22-11-10-17(19)21(27)28-3/h4-6,8-11,14-15H,7,12-13H2,1-3H3,(H,23,24). The number of hydrogen-bond acceptors (Lipinski definition) is 6. The fourth-order valence-corrected chi connectivity index (χ4v) is 2.92. The molecule has 0 aliphatic heterocycles. The third-order valence-corrected chi connectivity index (χ3v) is 4.32. The molecule has 0 aliphatic rings. The van der Waals surface area contributed by atoms with Crippen LogP contribution in [0.2, 0.25) is 0 Å². The second-order valence-corrected chi connectivity index (χ2v) is 6.72. The minimum atomic E-state index is -0.420. The monoisotopic (exact) mass is 379 g/mol. The number of carbonyl (C=O) groups excluding carboxylic acids is 1. The van der Waals surface area contributed by atoms with Crippen molar-refractivity contribution < 1.29 is 9.53 Å². The van der Waals surface area contributed by atoms with E-state index < -0.39 is 5.97 Å². The van der Waals surface area contributed by atoms with Crippen LogP contribution < -0.4 is 5.32 Å². The molecule has 0 saturated carbocycles. The van der Waals surface area contributed by atoms with E-state index in [-0.39, 0.29) is 0 Å². The molecule has 1 aromatic carbocycles. The normalized spacial score (nSPS) is 10.9. The van der Waals surface area contributed by atoms with E-state index in [9.17, 15) is 4.79 Å². The van der Waals surface area contributed by atoms with Crippen LogP contribution >= 0.6 is 0 Å². The predicted molar refractivity (Wildman–Crippen MR) is 110 cm³/mol. The smallest absolute Gasteiger partial charge is 0.340 e. The minimum absolute atomic E-state index is 0.415. The maximum Gasteiger partial charge on any atom is 0.340 e. The van der Waals surface area contributed by atoms with Crippen LogP contribution in [0, 0.1) is 0 Å². The molecule has 1 N–H and O–H groups in total. The molecular weight excluding hydrogens is 354 g/mol. The first-order valence-electron chi connectivity index (χ1n) is 9.15. The Morgan fingerprint density at radius 1 is 1.21 bits per heavy atom. The number of rotatable bonds is 8. The van der Waals surface area contributed by atoms with Gasteiger partial charge in [0.1, 0.15) is 0 Å². The van der Waals surface area contributed by atoms with Crippen molar-refractivity contribution in [2.24, 2.45) is 0 Å². The highest BCUT2D eigenvalue weighted by Crippen LogP contribution is 2.30. The van der Waals surface area contributed by atoms with E-state index in [0.717, 1.165) is 30.6 Å². The molecule has 0 aliphatic carbocycles. The summed E-state index contributed by atoms with van der Waals surface area (Å²) in [5.74, 6) is 0.255. The molecule has 7 heteroatoms. The van der Waals surface area contributed by atoms with Crippen LogP contribution in [0.15, 0.2) is 55.0 Å². The van der Waals surface area contributed by atoms with Crippen molar-refractivity contribution in [1.82, 2.24) is 19.7 Å². The van der Waals surface area contributed by atoms with Crippen molar-refractivity contribution in [2.45, 2.75) is 13.0 Å². The van der Waals surface area contributed by atoms with E-state index in [1.54, 1.807) is 18.5 Å². The highest BCUT2D eigenvalue weighted by atomic mass is 16.5. The van der Waals surface area contributed by atoms with Gasteiger partial charge in [0, 0.05) is 24.5 Å². The van der Waals surface area contributed by atoms with Crippen LogP contribution in [0.4, 0.5) is 11.5 Å². The number of nitrogens with one attached hydrogen (secondary N) is 1. The topological polar surface area (TPSA) is 72.3 Å². The van der Waals surface area contributed by atoms with Gasteiger partial charge in [-0.25, -0.2) is 4.79 Å². The summed E-state index contributed by atoms with van der Waals surface area (Å²) in [4.78, 5) is 18.3. The molecule has 146 valence electrons. The summed E-state index contributed by atoms with van der Waals surface area (Å²) >= 11 is 0. The summed E-state index contributed by atoms with van der Waals surface area (Å²) in [6.45, 7) is 1.79. The number of nitrogens with zero attached hydrogens (tertiary/aromatic N) is 4. The van der Waals surface area contributed by atoms with Gasteiger partial charge in [-0.1, -0.05) is 30.3 Å². The Labute approximate surface area is 165 Å². The number of methoxy groups -OCH3 is 1. The second-order valence-electron chi connectivity index (χ2n) is 6.72. The van der Waals surface area contributed by atoms with Crippen LogP contribution in [0.25, 0.3) is 11.1 Å². The van der Waals surface area contributed by atoms with E-state index in [1.165, 1.54) is 7.11 Å². The van der Waals surface area contributed by atoms with Crippen LogP contribution in [-0.4, -0.2) is 53.4 Å². The molecule has 0 radical (unpaired) electrons. The van der Waals surface area contributed by atoms with Crippen LogP contribution in [-0.2, 0) is 11.3 Å². The molecule has 0 fully saturated rings. The molecule has 0 bridgehead atoms. The Kier molecular flexibility index (Phi) is 6.39. The summed E-state index contributed by atoms with van der Waals surface area (Å²) in [7, 11) is 5.48. The third-order valence-electron chi connectivity index (χ3n) is 4.32. The maximum absolute atomic E-state index is 12.1. The molecule has 2 aromatic heterocycles. The van der Waals surface area contributed by atoms with E-state index in [2.05, 4.69) is 29.3 Å². The molecule has 0 saturated heterocycles. The Balaban J connectivity index is 1.93. The van der Waals surface area contributed by atoms with E-state index in [0.29, 0.717) is 17.1 Å². The van der Waals surface area contributed by atoms with Crippen molar-refractivity contribution in [2.75, 3.05) is 33.1 Å². The van der Waals surface area contributed by atoms with Crippen LogP contribution in [0.5, 0.6) is 0 Å². The lowest BCUT2D eigenvalue weighted by Crippen LogP contribution is -2.15. The van der Waals surface area contributed by atoms with Crippen molar-refractivity contribution in [3.8, 4) is 11.1 Å². The summed E-state index contributed by atoms with van der Waals surface area (Å²) in [6, 6.07) is 11.7. The van der Waals surface area contributed by atoms with Crippen molar-refractivity contribution in [1.29, 1.82) is 0 Å². The van der Waals surface area contributed by atoms with Gasteiger partial charge in [-0.3, -0.25) is 9.67 Å². The van der Waals surface area contributed by atoms with Gasteiger partial charge in [-0.15, -0.1) is 0 Å². The summed E-state index contributed by atoms with van der Waals surface area (Å²) in [5, 5.41) is 7.98. The number of hydrogen-bond donors (Lipinski definition) is 1. The Bertz CT molecular complexity index is 922. The molecule has 3 aromatic rings. The van der Waals surface area contributed by atoms with Crippen LogP contribution in [0.3, 0.4) is 0 Å². The highest BCUT2D eigenvalue weighted by molar-refractivity contribution is 5.96. The molecule has 0 unspecified atom stereocenters. The number of pyridine rings is 1. The van der Waals surface area contributed by atoms with Gasteiger partial charge >= 0.3 is 5.97 Å². The average molecular weight is 379 g/mol. The minimum Gasteiger partial charge on any atom is -0.465 e. The number of benzene rings is 1.